The maximum Gasteiger partial charge on any atom is 0.178 e. The van der Waals surface area contributed by atoms with E-state index in [0.717, 1.165) is 47.9 Å². The van der Waals surface area contributed by atoms with Crippen LogP contribution in [0.15, 0.2) is 77.7 Å². The summed E-state index contributed by atoms with van der Waals surface area (Å²) in [5.74, 6) is 0.144. The van der Waals surface area contributed by atoms with E-state index < -0.39 is 9.84 Å². The lowest BCUT2D eigenvalue weighted by molar-refractivity contribution is -0.124. The molecular formula is C30H34FNO3S. The maximum atomic E-state index is 13.2. The Morgan fingerprint density at radius 1 is 0.944 bits per heavy atom. The molecule has 1 fully saturated rings. The van der Waals surface area contributed by atoms with Gasteiger partial charge in [-0.2, -0.15) is 0 Å². The minimum atomic E-state index is -3.40. The van der Waals surface area contributed by atoms with E-state index in [1.54, 1.807) is 24.3 Å². The molecular weight excluding hydrogens is 473 g/mol. The predicted molar refractivity (Wildman–Crippen MR) is 142 cm³/mol. The molecule has 0 amide bonds. The largest absolute Gasteiger partial charge is 0.326 e. The molecule has 1 aliphatic rings. The molecule has 3 aromatic rings. The molecule has 1 aliphatic carbocycles. The zero-order chi connectivity index (χ0) is 25.7. The van der Waals surface area contributed by atoms with Gasteiger partial charge in [0.1, 0.15) is 11.6 Å². The van der Waals surface area contributed by atoms with Crippen LogP contribution in [0.2, 0.25) is 0 Å². The summed E-state index contributed by atoms with van der Waals surface area (Å²) in [6.45, 7) is 2.45. The topological polar surface area (TPSA) is 77.2 Å². The Hall–Kier alpha value is -2.83. The number of Topliss-reactive ketones (excluding diaryl/α,β-unsaturated/α-hetero) is 1. The highest BCUT2D eigenvalue weighted by Crippen LogP contribution is 2.34. The average Bonchev–Trinajstić information content (AvgIpc) is 2.89. The number of sulfone groups is 1. The van der Waals surface area contributed by atoms with E-state index in [9.17, 15) is 17.6 Å². The van der Waals surface area contributed by atoms with E-state index in [4.69, 9.17) is 5.73 Å². The van der Waals surface area contributed by atoms with Gasteiger partial charge in [0.05, 0.1) is 10.6 Å². The van der Waals surface area contributed by atoms with Crippen LogP contribution in [0, 0.1) is 17.7 Å². The van der Waals surface area contributed by atoms with Crippen LogP contribution in [0.4, 0.5) is 4.39 Å². The van der Waals surface area contributed by atoms with Crippen molar-refractivity contribution < 1.29 is 17.6 Å². The number of hydrogen-bond donors (Lipinski definition) is 1. The van der Waals surface area contributed by atoms with Gasteiger partial charge in [0.25, 0.3) is 0 Å². The lowest BCUT2D eigenvalue weighted by atomic mass is 9.78. The molecule has 0 aliphatic heterocycles. The fourth-order valence-corrected chi connectivity index (χ4v) is 6.86. The molecule has 0 unspecified atom stereocenters. The Bertz CT molecular complexity index is 1280. The highest BCUT2D eigenvalue weighted by atomic mass is 32.2. The van der Waals surface area contributed by atoms with Crippen LogP contribution in [0.25, 0.3) is 11.1 Å². The molecule has 4 rings (SSSR count). The van der Waals surface area contributed by atoms with Crippen LogP contribution in [0.5, 0.6) is 0 Å². The molecule has 190 valence electrons. The van der Waals surface area contributed by atoms with E-state index in [-0.39, 0.29) is 35.1 Å². The van der Waals surface area contributed by atoms with Crippen molar-refractivity contribution in [3.63, 3.8) is 0 Å². The molecule has 0 bridgehead atoms. The number of rotatable bonds is 9. The lowest BCUT2D eigenvalue weighted by Crippen LogP contribution is -2.26. The fourth-order valence-electron chi connectivity index (χ4n) is 5.17. The standard InChI is InChI=1S/C30H34FNO3S/c1-21(24-9-13-28(31)14-10-24)17-30(33)26-7-5-22(6-8-26)20-36(34,35)29-15-11-25(12-16-29)27-4-2-3-23(18-27)19-32/h2-4,9-16,18,21-22,26H,5-8,17,19-20,32H2,1H3/t21-,22?,26?/m0/s1. The van der Waals surface area contributed by atoms with Crippen LogP contribution in [0.3, 0.4) is 0 Å². The van der Waals surface area contributed by atoms with Crippen LogP contribution < -0.4 is 5.73 Å². The van der Waals surface area contributed by atoms with Crippen molar-refractivity contribution in [2.45, 2.75) is 56.4 Å². The summed E-state index contributed by atoms with van der Waals surface area (Å²) in [6.07, 6.45) is 3.37. The van der Waals surface area contributed by atoms with Crippen LogP contribution >= 0.6 is 0 Å². The Kier molecular flexibility index (Phi) is 8.37. The molecule has 6 heteroatoms. The Morgan fingerprint density at radius 2 is 1.61 bits per heavy atom. The van der Waals surface area contributed by atoms with Gasteiger partial charge in [0, 0.05) is 18.9 Å². The number of carbonyl (C=O) groups excluding carboxylic acids is 1. The number of benzene rings is 3. The zero-order valence-corrected chi connectivity index (χ0v) is 21.5. The third kappa shape index (κ3) is 6.48. The second-order valence-corrected chi connectivity index (χ2v) is 12.1. The number of hydrogen-bond acceptors (Lipinski definition) is 4. The van der Waals surface area contributed by atoms with E-state index >= 15 is 0 Å². The van der Waals surface area contributed by atoms with Gasteiger partial charge in [-0.3, -0.25) is 4.79 Å². The monoisotopic (exact) mass is 507 g/mol. The summed E-state index contributed by atoms with van der Waals surface area (Å²) in [5, 5.41) is 0. The number of nitrogens with two attached hydrogens (primary N) is 1. The normalized spacial score (nSPS) is 19.1. The first-order valence-electron chi connectivity index (χ1n) is 12.7. The quantitative estimate of drug-likeness (QED) is 0.369. The molecule has 1 atom stereocenters. The van der Waals surface area contributed by atoms with Crippen molar-refractivity contribution >= 4 is 15.6 Å². The van der Waals surface area contributed by atoms with Gasteiger partial charge in [-0.1, -0.05) is 49.4 Å². The van der Waals surface area contributed by atoms with E-state index in [2.05, 4.69) is 0 Å². The van der Waals surface area contributed by atoms with Gasteiger partial charge in [0.15, 0.2) is 9.84 Å². The minimum Gasteiger partial charge on any atom is -0.326 e. The number of ketones is 1. The number of halogens is 1. The summed E-state index contributed by atoms with van der Waals surface area (Å²) in [6, 6.07) is 21.3. The van der Waals surface area contributed by atoms with Crippen molar-refractivity contribution in [3.05, 3.63) is 89.7 Å². The van der Waals surface area contributed by atoms with Crippen LogP contribution in [0.1, 0.15) is 56.1 Å². The molecule has 0 saturated heterocycles. The summed E-state index contributed by atoms with van der Waals surface area (Å²) in [7, 11) is -3.40. The van der Waals surface area contributed by atoms with Gasteiger partial charge in [-0.15, -0.1) is 0 Å². The first-order valence-corrected chi connectivity index (χ1v) is 14.3. The number of carbonyl (C=O) groups is 1. The zero-order valence-electron chi connectivity index (χ0n) is 20.7. The summed E-state index contributed by atoms with van der Waals surface area (Å²) in [4.78, 5) is 13.2. The SMILES string of the molecule is C[C@@H](CC(=O)C1CCC(CS(=O)(=O)c2ccc(-c3cccc(CN)c3)cc2)CC1)c1ccc(F)cc1. The first kappa shape index (κ1) is 26.2. The lowest BCUT2D eigenvalue weighted by Gasteiger charge is -2.28. The van der Waals surface area contributed by atoms with Gasteiger partial charge >= 0.3 is 0 Å². The molecule has 0 radical (unpaired) electrons. The smallest absolute Gasteiger partial charge is 0.178 e. The van der Waals surface area contributed by atoms with Crippen molar-refractivity contribution in [2.24, 2.45) is 17.6 Å². The van der Waals surface area contributed by atoms with E-state index in [0.29, 0.717) is 17.9 Å². The molecule has 1 saturated carbocycles. The fraction of sp³-hybridized carbons (Fsp3) is 0.367. The van der Waals surface area contributed by atoms with Crippen LogP contribution in [-0.2, 0) is 21.2 Å². The molecule has 0 heterocycles. The van der Waals surface area contributed by atoms with Crippen molar-refractivity contribution in [1.82, 2.24) is 0 Å². The third-order valence-corrected chi connectivity index (χ3v) is 9.31. The molecule has 2 N–H and O–H groups in total. The second-order valence-electron chi connectivity index (χ2n) is 10.1. The van der Waals surface area contributed by atoms with E-state index in [1.807, 2.05) is 43.3 Å². The van der Waals surface area contributed by atoms with Crippen molar-refractivity contribution in [3.8, 4) is 11.1 Å². The van der Waals surface area contributed by atoms with Crippen molar-refractivity contribution in [1.29, 1.82) is 0 Å². The van der Waals surface area contributed by atoms with E-state index in [1.165, 1.54) is 12.1 Å². The van der Waals surface area contributed by atoms with Gasteiger partial charge in [0.2, 0.25) is 0 Å². The average molecular weight is 508 g/mol. The predicted octanol–water partition coefficient (Wildman–Crippen LogP) is 6.29. The van der Waals surface area contributed by atoms with Gasteiger partial charge in [-0.25, -0.2) is 12.8 Å². The summed E-state index contributed by atoms with van der Waals surface area (Å²) in [5.41, 5.74) is 9.69. The summed E-state index contributed by atoms with van der Waals surface area (Å²) >= 11 is 0. The summed E-state index contributed by atoms with van der Waals surface area (Å²) < 4.78 is 39.3. The van der Waals surface area contributed by atoms with Gasteiger partial charge < -0.3 is 5.73 Å². The Balaban J connectivity index is 1.31. The molecule has 0 spiro atoms. The van der Waals surface area contributed by atoms with Gasteiger partial charge in [-0.05, 0) is 90.1 Å². The highest BCUT2D eigenvalue weighted by Gasteiger charge is 2.30. The molecule has 3 aromatic carbocycles. The minimum absolute atomic E-state index is 0.0181. The Morgan fingerprint density at radius 3 is 2.25 bits per heavy atom. The Labute approximate surface area is 213 Å². The molecule has 36 heavy (non-hydrogen) atoms. The first-order chi connectivity index (χ1) is 17.2. The third-order valence-electron chi connectivity index (χ3n) is 7.41. The molecule has 4 nitrogen and oxygen atoms in total. The maximum absolute atomic E-state index is 13.2. The second kappa shape index (κ2) is 11.5. The molecule has 0 aromatic heterocycles. The van der Waals surface area contributed by atoms with Crippen LogP contribution in [-0.4, -0.2) is 20.0 Å². The van der Waals surface area contributed by atoms with Crippen molar-refractivity contribution in [2.75, 3.05) is 5.75 Å². The highest BCUT2D eigenvalue weighted by molar-refractivity contribution is 7.91.